The summed E-state index contributed by atoms with van der Waals surface area (Å²) in [4.78, 5) is 11.4. The second kappa shape index (κ2) is 8.20. The predicted octanol–water partition coefficient (Wildman–Crippen LogP) is 1.65. The fourth-order valence-corrected chi connectivity index (χ4v) is 1.09. The van der Waals surface area contributed by atoms with Crippen LogP contribution in [0.1, 0.15) is 26.2 Å². The standard InChI is InChI=1S/C10H20O3/c1-9(6-8-13-3)10(11)5-4-7-12-2/h9H,4-8H2,1-3H3. The summed E-state index contributed by atoms with van der Waals surface area (Å²) in [5.41, 5.74) is 0. The molecule has 1 unspecified atom stereocenters. The van der Waals surface area contributed by atoms with Gasteiger partial charge in [-0.25, -0.2) is 0 Å². The van der Waals surface area contributed by atoms with Gasteiger partial charge in [0.05, 0.1) is 0 Å². The third kappa shape index (κ3) is 6.72. The SMILES string of the molecule is COCCCC(=O)C(C)CCOC. The van der Waals surface area contributed by atoms with Gasteiger partial charge in [0, 0.05) is 39.8 Å². The Balaban J connectivity index is 3.45. The highest BCUT2D eigenvalue weighted by atomic mass is 16.5. The molecule has 0 radical (unpaired) electrons. The number of Topliss-reactive ketones (excluding diaryl/α,β-unsaturated/α-hetero) is 1. The number of hydrogen-bond donors (Lipinski definition) is 0. The highest BCUT2D eigenvalue weighted by Crippen LogP contribution is 2.07. The van der Waals surface area contributed by atoms with Crippen LogP contribution >= 0.6 is 0 Å². The lowest BCUT2D eigenvalue weighted by Gasteiger charge is -2.08. The fourth-order valence-electron chi connectivity index (χ4n) is 1.09. The molecule has 0 aliphatic rings. The first-order chi connectivity index (χ1) is 6.22. The highest BCUT2D eigenvalue weighted by molar-refractivity contribution is 5.80. The van der Waals surface area contributed by atoms with Crippen LogP contribution in [0.2, 0.25) is 0 Å². The molecule has 0 heterocycles. The number of carbonyl (C=O) groups is 1. The second-order valence-corrected chi connectivity index (χ2v) is 3.25. The molecule has 0 aromatic carbocycles. The largest absolute Gasteiger partial charge is 0.385 e. The summed E-state index contributed by atoms with van der Waals surface area (Å²) in [6.45, 7) is 3.29. The van der Waals surface area contributed by atoms with Crippen LogP contribution in [0.15, 0.2) is 0 Å². The zero-order valence-corrected chi connectivity index (χ0v) is 8.84. The topological polar surface area (TPSA) is 35.5 Å². The van der Waals surface area contributed by atoms with Crippen molar-refractivity contribution in [2.45, 2.75) is 26.2 Å². The summed E-state index contributed by atoms with van der Waals surface area (Å²) in [6, 6.07) is 0. The second-order valence-electron chi connectivity index (χ2n) is 3.25. The van der Waals surface area contributed by atoms with Crippen molar-refractivity contribution in [1.82, 2.24) is 0 Å². The Morgan fingerprint density at radius 2 is 1.85 bits per heavy atom. The van der Waals surface area contributed by atoms with Crippen LogP contribution in [0.5, 0.6) is 0 Å². The van der Waals surface area contributed by atoms with Gasteiger partial charge in [-0.15, -0.1) is 0 Å². The first-order valence-electron chi connectivity index (χ1n) is 4.73. The van der Waals surface area contributed by atoms with Gasteiger partial charge in [0.15, 0.2) is 0 Å². The van der Waals surface area contributed by atoms with Crippen LogP contribution in [0.25, 0.3) is 0 Å². The van der Waals surface area contributed by atoms with Gasteiger partial charge < -0.3 is 9.47 Å². The number of hydrogen-bond acceptors (Lipinski definition) is 3. The van der Waals surface area contributed by atoms with Gasteiger partial charge in [0.2, 0.25) is 0 Å². The zero-order chi connectivity index (χ0) is 10.1. The molecular formula is C10H20O3. The van der Waals surface area contributed by atoms with E-state index in [4.69, 9.17) is 9.47 Å². The smallest absolute Gasteiger partial charge is 0.135 e. The third-order valence-electron chi connectivity index (χ3n) is 2.08. The molecule has 1 atom stereocenters. The molecule has 3 heteroatoms. The maximum Gasteiger partial charge on any atom is 0.135 e. The van der Waals surface area contributed by atoms with Crippen LogP contribution in [-0.4, -0.2) is 33.2 Å². The molecule has 0 amide bonds. The highest BCUT2D eigenvalue weighted by Gasteiger charge is 2.11. The number of ether oxygens (including phenoxy) is 2. The number of carbonyl (C=O) groups excluding carboxylic acids is 1. The fraction of sp³-hybridized carbons (Fsp3) is 0.900. The van der Waals surface area contributed by atoms with Crippen molar-refractivity contribution in [2.24, 2.45) is 5.92 Å². The maximum atomic E-state index is 11.4. The molecular weight excluding hydrogens is 168 g/mol. The summed E-state index contributed by atoms with van der Waals surface area (Å²) in [5, 5.41) is 0. The average molecular weight is 188 g/mol. The Kier molecular flexibility index (Phi) is 7.94. The van der Waals surface area contributed by atoms with E-state index in [1.807, 2.05) is 6.92 Å². The average Bonchev–Trinajstić information content (AvgIpc) is 2.14. The van der Waals surface area contributed by atoms with E-state index < -0.39 is 0 Å². The van der Waals surface area contributed by atoms with Crippen LogP contribution < -0.4 is 0 Å². The van der Waals surface area contributed by atoms with Crippen LogP contribution in [0, 0.1) is 5.92 Å². The third-order valence-corrected chi connectivity index (χ3v) is 2.08. The molecule has 0 aliphatic carbocycles. The normalized spacial score (nSPS) is 12.8. The van der Waals surface area contributed by atoms with E-state index in [0.717, 1.165) is 12.8 Å². The minimum atomic E-state index is 0.122. The van der Waals surface area contributed by atoms with E-state index in [0.29, 0.717) is 25.4 Å². The molecule has 0 aliphatic heterocycles. The number of rotatable bonds is 8. The van der Waals surface area contributed by atoms with Crippen molar-refractivity contribution < 1.29 is 14.3 Å². The minimum absolute atomic E-state index is 0.122. The summed E-state index contributed by atoms with van der Waals surface area (Å²) < 4.78 is 9.79. The Morgan fingerprint density at radius 3 is 2.38 bits per heavy atom. The Hall–Kier alpha value is -0.410. The molecule has 0 fully saturated rings. The van der Waals surface area contributed by atoms with Gasteiger partial charge in [-0.1, -0.05) is 6.92 Å². The molecule has 0 spiro atoms. The van der Waals surface area contributed by atoms with Crippen molar-refractivity contribution in [3.8, 4) is 0 Å². The Bertz CT molecular complexity index is 134. The van der Waals surface area contributed by atoms with E-state index in [2.05, 4.69) is 0 Å². The molecule has 0 aromatic heterocycles. The van der Waals surface area contributed by atoms with Crippen molar-refractivity contribution in [2.75, 3.05) is 27.4 Å². The molecule has 3 nitrogen and oxygen atoms in total. The predicted molar refractivity (Wildman–Crippen MR) is 51.8 cm³/mol. The molecule has 0 saturated carbocycles. The lowest BCUT2D eigenvalue weighted by molar-refractivity contribution is -0.123. The Morgan fingerprint density at radius 1 is 1.23 bits per heavy atom. The lowest BCUT2D eigenvalue weighted by atomic mass is 9.99. The van der Waals surface area contributed by atoms with E-state index in [1.165, 1.54) is 0 Å². The Labute approximate surface area is 80.4 Å². The van der Waals surface area contributed by atoms with Crippen LogP contribution in [0.4, 0.5) is 0 Å². The molecule has 0 saturated heterocycles. The van der Waals surface area contributed by atoms with Gasteiger partial charge in [-0.3, -0.25) is 4.79 Å². The first kappa shape index (κ1) is 12.6. The van der Waals surface area contributed by atoms with Gasteiger partial charge >= 0.3 is 0 Å². The minimum Gasteiger partial charge on any atom is -0.385 e. The van der Waals surface area contributed by atoms with Crippen molar-refractivity contribution in [3.05, 3.63) is 0 Å². The van der Waals surface area contributed by atoms with Crippen molar-refractivity contribution in [1.29, 1.82) is 0 Å². The van der Waals surface area contributed by atoms with Gasteiger partial charge in [-0.2, -0.15) is 0 Å². The van der Waals surface area contributed by atoms with E-state index in [-0.39, 0.29) is 5.92 Å². The lowest BCUT2D eigenvalue weighted by Crippen LogP contribution is -2.13. The monoisotopic (exact) mass is 188 g/mol. The summed E-state index contributed by atoms with van der Waals surface area (Å²) in [7, 11) is 3.31. The van der Waals surface area contributed by atoms with Crippen molar-refractivity contribution in [3.63, 3.8) is 0 Å². The van der Waals surface area contributed by atoms with Gasteiger partial charge in [0.25, 0.3) is 0 Å². The van der Waals surface area contributed by atoms with Crippen molar-refractivity contribution >= 4 is 5.78 Å². The summed E-state index contributed by atoms with van der Waals surface area (Å²) in [5.74, 6) is 0.436. The van der Waals surface area contributed by atoms with Crippen LogP contribution in [-0.2, 0) is 14.3 Å². The molecule has 78 valence electrons. The van der Waals surface area contributed by atoms with Gasteiger partial charge in [0.1, 0.15) is 5.78 Å². The molecule has 0 N–H and O–H groups in total. The number of methoxy groups -OCH3 is 2. The summed E-state index contributed by atoms with van der Waals surface area (Å²) >= 11 is 0. The van der Waals surface area contributed by atoms with Gasteiger partial charge in [-0.05, 0) is 12.8 Å². The zero-order valence-electron chi connectivity index (χ0n) is 8.84. The summed E-state index contributed by atoms with van der Waals surface area (Å²) in [6.07, 6.45) is 2.27. The molecule has 0 bridgehead atoms. The van der Waals surface area contributed by atoms with E-state index in [9.17, 15) is 4.79 Å². The van der Waals surface area contributed by atoms with E-state index >= 15 is 0 Å². The maximum absolute atomic E-state index is 11.4. The quantitative estimate of drug-likeness (QED) is 0.543. The number of ketones is 1. The first-order valence-corrected chi connectivity index (χ1v) is 4.73. The van der Waals surface area contributed by atoms with Crippen LogP contribution in [0.3, 0.4) is 0 Å². The molecule has 13 heavy (non-hydrogen) atoms. The molecule has 0 rings (SSSR count). The molecule has 0 aromatic rings. The van der Waals surface area contributed by atoms with E-state index in [1.54, 1.807) is 14.2 Å².